The van der Waals surface area contributed by atoms with Gasteiger partial charge < -0.3 is 5.31 Å². The van der Waals surface area contributed by atoms with Gasteiger partial charge in [0.1, 0.15) is 0 Å². The average Bonchev–Trinajstić information content (AvgIpc) is 2.44. The second-order valence-corrected chi connectivity index (χ2v) is 3.74. The second-order valence-electron chi connectivity index (χ2n) is 3.74. The minimum atomic E-state index is -0.657. The van der Waals surface area contributed by atoms with Crippen molar-refractivity contribution in [1.82, 2.24) is 0 Å². The molecule has 1 N–H and O–H groups in total. The van der Waals surface area contributed by atoms with Gasteiger partial charge in [0.2, 0.25) is 0 Å². The first-order valence-electron chi connectivity index (χ1n) is 6.37. The molecule has 0 aromatic heterocycles. The third-order valence-electron chi connectivity index (χ3n) is 2.73. The molecule has 2 aromatic rings. The Bertz CT molecular complexity index is 598. The van der Waals surface area contributed by atoms with Crippen molar-refractivity contribution < 1.29 is 22.9 Å². The summed E-state index contributed by atoms with van der Waals surface area (Å²) in [5, 5.41) is 1.24. The number of para-hydroxylation sites is 1. The van der Waals surface area contributed by atoms with Crippen LogP contribution in [0.15, 0.2) is 60.7 Å². The fourth-order valence-corrected chi connectivity index (χ4v) is 1.97. The number of benzene rings is 2. The number of nitrogens with one attached hydrogen (secondary N) is 1. The van der Waals surface area contributed by atoms with Crippen molar-refractivity contribution in [3.05, 3.63) is 71.8 Å². The topological polar surface area (TPSA) is 12.0 Å². The van der Waals surface area contributed by atoms with Gasteiger partial charge in [-0.15, -0.1) is 0 Å². The predicted molar refractivity (Wildman–Crippen MR) is 68.5 cm³/mol. The van der Waals surface area contributed by atoms with Gasteiger partial charge in [-0.3, -0.25) is 0 Å². The smallest absolute Gasteiger partial charge is 0.160 e. The average molecular weight is 402 g/mol. The zero-order valence-corrected chi connectivity index (χ0v) is 11.5. The van der Waals surface area contributed by atoms with Crippen molar-refractivity contribution >= 4 is 11.3 Å². The molecule has 1 radical (unpaired) electrons. The van der Waals surface area contributed by atoms with Crippen LogP contribution in [0, 0.1) is 0 Å². The van der Waals surface area contributed by atoms with E-state index in [0.717, 1.165) is 22.4 Å². The first-order valence-corrected chi connectivity index (χ1v) is 5.34. The summed E-state index contributed by atoms with van der Waals surface area (Å²) in [5.41, 5.74) is 3.94. The minimum absolute atomic E-state index is 0. The molecule has 1 atom stereocenters. The Morgan fingerprint density at radius 2 is 1.71 bits per heavy atom. The molecule has 0 saturated heterocycles. The van der Waals surface area contributed by atoms with Gasteiger partial charge in [0.15, 0.2) is 1.41 Å². The van der Waals surface area contributed by atoms with E-state index < -0.39 is 6.52 Å². The summed E-state index contributed by atoms with van der Waals surface area (Å²) in [6.07, 6.45) is 1.82. The van der Waals surface area contributed by atoms with Crippen molar-refractivity contribution in [2.75, 3.05) is 11.8 Å². The van der Waals surface area contributed by atoms with Crippen LogP contribution >= 0.6 is 0 Å². The van der Waals surface area contributed by atoms with E-state index in [1.807, 2.05) is 60.7 Å². The van der Waals surface area contributed by atoms with E-state index in [1.165, 1.54) is 5.31 Å². The van der Waals surface area contributed by atoms with Crippen LogP contribution < -0.4 is 5.31 Å². The number of rotatable bonds is 1. The molecule has 1 heterocycles. The van der Waals surface area contributed by atoms with Gasteiger partial charge in [-0.2, -0.15) is 0 Å². The van der Waals surface area contributed by atoms with Crippen LogP contribution in [0.1, 0.15) is 12.5 Å². The Morgan fingerprint density at radius 3 is 2.53 bits per heavy atom. The van der Waals surface area contributed by atoms with Crippen molar-refractivity contribution in [3.8, 4) is 0 Å². The van der Waals surface area contributed by atoms with Gasteiger partial charge >= 0.3 is 0 Å². The van der Waals surface area contributed by atoms with Gasteiger partial charge in [-0.1, -0.05) is 54.6 Å². The van der Waals surface area contributed by atoms with Crippen LogP contribution in [0.3, 0.4) is 0 Å². The summed E-state index contributed by atoms with van der Waals surface area (Å²) >= 11 is 0. The molecule has 0 amide bonds. The maximum Gasteiger partial charge on any atom is 0.160 e. The zero-order chi connectivity index (χ0) is 12.5. The molecule has 3 rings (SSSR count). The Labute approximate surface area is 118 Å². The first-order chi connectivity index (χ1) is 8.77. The van der Waals surface area contributed by atoms with Gasteiger partial charge in [0.05, 0.1) is 1.37 Å². The van der Waals surface area contributed by atoms with Gasteiger partial charge in [-0.25, -0.2) is 0 Å². The molecular weight excluding hydrogens is 386 g/mol. The molecule has 2 heteroatoms. The van der Waals surface area contributed by atoms with E-state index in [1.54, 1.807) is 0 Å². The van der Waals surface area contributed by atoms with Crippen LogP contribution in [0.2, 0.25) is 1.41 Å². The zero-order valence-electron chi connectivity index (χ0n) is 11.1. The third kappa shape index (κ3) is 2.33. The van der Waals surface area contributed by atoms with Crippen molar-refractivity contribution in [1.29, 1.82) is 0 Å². The van der Waals surface area contributed by atoms with Crippen molar-refractivity contribution in [2.24, 2.45) is 0 Å². The van der Waals surface area contributed by atoms with Crippen LogP contribution in [0.4, 0.5) is 5.69 Å². The molecule has 0 spiro atoms. The molecule has 0 saturated carbocycles. The number of fused-ring (bicyclic) bond motifs is 1. The van der Waals surface area contributed by atoms with Crippen LogP contribution in [0.25, 0.3) is 5.57 Å². The molecule has 1 aliphatic rings. The summed E-state index contributed by atoms with van der Waals surface area (Å²) in [5.74, 6) is 0. The maximum atomic E-state index is 7.95. The molecular formula is C15H13IrN. The normalized spacial score (nSPS) is 19.4. The molecule has 0 aliphatic carbocycles. The van der Waals surface area contributed by atoms with Gasteiger partial charge in [0.25, 0.3) is 0 Å². The summed E-state index contributed by atoms with van der Waals surface area (Å²) in [4.78, 5) is 0. The summed E-state index contributed by atoms with van der Waals surface area (Å²) in [7, 11) is 0. The summed E-state index contributed by atoms with van der Waals surface area (Å²) in [6.45, 7) is -0.657. The van der Waals surface area contributed by atoms with E-state index in [9.17, 15) is 0 Å². The van der Waals surface area contributed by atoms with E-state index >= 15 is 0 Å². The van der Waals surface area contributed by atoms with E-state index in [2.05, 4.69) is 0 Å². The van der Waals surface area contributed by atoms with Crippen LogP contribution in [-0.2, 0) is 20.1 Å². The van der Waals surface area contributed by atoms with Crippen LogP contribution in [-0.4, -0.2) is 6.52 Å². The van der Waals surface area contributed by atoms with Crippen LogP contribution in [0.5, 0.6) is 0 Å². The monoisotopic (exact) mass is 402 g/mol. The summed E-state index contributed by atoms with van der Waals surface area (Å²) < 4.78 is 15.9. The fourth-order valence-electron chi connectivity index (χ4n) is 1.97. The number of anilines is 1. The molecule has 0 bridgehead atoms. The standard InChI is InChI=1S/C15H13N.Ir/c1-2-6-12(7-3-1)13-10-11-16-15-9-5-4-8-14(13)15;/h1-10,16H,11H2;/i11D;/hD. The van der Waals surface area contributed by atoms with E-state index in [0.29, 0.717) is 0 Å². The van der Waals surface area contributed by atoms with Gasteiger partial charge in [-0.05, 0) is 17.2 Å². The maximum absolute atomic E-state index is 7.95. The Kier molecular flexibility index (Phi) is 3.01. The SMILES string of the molecule is [2H]C1C=C(c2ccccc2)c2ccccc2N1[2H].[Ir]. The second kappa shape index (κ2) is 5.31. The fraction of sp³-hybridized carbons (Fsp3) is 0.0667. The Balaban J connectivity index is 0.00000133. The van der Waals surface area contributed by atoms with Crippen molar-refractivity contribution in [3.63, 3.8) is 0 Å². The largest absolute Gasteiger partial charge is 0.381 e. The van der Waals surface area contributed by atoms with E-state index in [4.69, 9.17) is 2.78 Å². The molecule has 0 fully saturated rings. The summed E-state index contributed by atoms with van der Waals surface area (Å²) in [6, 6.07) is 17.8. The predicted octanol–water partition coefficient (Wildman–Crippen LogP) is 3.54. The third-order valence-corrected chi connectivity index (χ3v) is 2.73. The molecule has 1 nitrogen and oxygen atoms in total. The molecule has 1 unspecified atom stereocenters. The number of hydrogen-bond donors (Lipinski definition) is 1. The minimum Gasteiger partial charge on any atom is -0.381 e. The molecule has 1 aliphatic heterocycles. The van der Waals surface area contributed by atoms with Gasteiger partial charge in [0, 0.05) is 37.9 Å². The van der Waals surface area contributed by atoms with Crippen molar-refractivity contribution in [2.45, 2.75) is 0 Å². The quantitative estimate of drug-likeness (QED) is 0.771. The number of hydrogen-bond acceptors (Lipinski definition) is 1. The Morgan fingerprint density at radius 1 is 1.00 bits per heavy atom. The molecule has 2 aromatic carbocycles. The molecule has 87 valence electrons. The first kappa shape index (κ1) is 9.64. The Hall–Kier alpha value is -1.37. The molecule has 17 heavy (non-hydrogen) atoms. The van der Waals surface area contributed by atoms with E-state index in [-0.39, 0.29) is 20.1 Å².